The van der Waals surface area contributed by atoms with Gasteiger partial charge in [0.15, 0.2) is 0 Å². The Labute approximate surface area is 203 Å². The number of fused-ring (bicyclic) bond motifs is 1. The summed E-state index contributed by atoms with van der Waals surface area (Å²) in [5.41, 5.74) is 1.73. The van der Waals surface area contributed by atoms with E-state index in [1.165, 1.54) is 31.2 Å². The Balaban J connectivity index is 1.26. The lowest BCUT2D eigenvalue weighted by Crippen LogP contribution is -2.49. The first-order valence-corrected chi connectivity index (χ1v) is 14.1. The highest BCUT2D eigenvalue weighted by molar-refractivity contribution is 7.89. The minimum absolute atomic E-state index is 0.0127. The van der Waals surface area contributed by atoms with Gasteiger partial charge in [0.1, 0.15) is 0 Å². The van der Waals surface area contributed by atoms with Crippen LogP contribution in [0.3, 0.4) is 0 Å². The fourth-order valence-electron chi connectivity index (χ4n) is 5.95. The van der Waals surface area contributed by atoms with Crippen LogP contribution in [0.5, 0.6) is 0 Å². The topological polar surface area (TPSA) is 60.9 Å². The second kappa shape index (κ2) is 10.2. The van der Waals surface area contributed by atoms with E-state index in [2.05, 4.69) is 17.0 Å². The number of sulfonamides is 1. The summed E-state index contributed by atoms with van der Waals surface area (Å²) in [5, 5.41) is 0. The molecule has 0 N–H and O–H groups in total. The molecule has 2 atom stereocenters. The summed E-state index contributed by atoms with van der Waals surface area (Å²) in [7, 11) is -3.63. The number of carbonyl (C=O) groups excluding carboxylic acids is 1. The van der Waals surface area contributed by atoms with Crippen molar-refractivity contribution in [1.29, 1.82) is 0 Å². The van der Waals surface area contributed by atoms with Gasteiger partial charge in [0.25, 0.3) is 5.91 Å². The zero-order valence-electron chi connectivity index (χ0n) is 19.8. The lowest BCUT2D eigenvalue weighted by molar-refractivity contribution is 0.0390. The molecule has 2 aliphatic heterocycles. The molecule has 0 spiro atoms. The van der Waals surface area contributed by atoms with E-state index >= 15 is 0 Å². The first kappa shape index (κ1) is 23.5. The maximum Gasteiger partial charge on any atom is 0.254 e. The first-order chi connectivity index (χ1) is 16.5. The molecule has 34 heavy (non-hydrogen) atoms. The number of rotatable bonds is 5. The van der Waals surface area contributed by atoms with Crippen LogP contribution in [-0.4, -0.2) is 67.2 Å². The molecule has 6 nitrogen and oxygen atoms in total. The smallest absolute Gasteiger partial charge is 0.254 e. The number of amides is 1. The molecule has 5 rings (SSSR count). The molecule has 0 aromatic heterocycles. The van der Waals surface area contributed by atoms with Crippen molar-refractivity contribution >= 4 is 15.9 Å². The third-order valence-corrected chi connectivity index (χ3v) is 9.70. The SMILES string of the molecule is O=C(c1cccc(S(=O)(=O)N2CCN(Cc3ccccc3)CC2)c1)N1CCCC2CCCCC21. The third kappa shape index (κ3) is 4.92. The Hall–Kier alpha value is -2.22. The van der Waals surface area contributed by atoms with Gasteiger partial charge < -0.3 is 4.90 Å². The zero-order valence-corrected chi connectivity index (χ0v) is 20.6. The molecule has 2 aromatic carbocycles. The molecule has 182 valence electrons. The van der Waals surface area contributed by atoms with Crippen molar-refractivity contribution in [2.24, 2.45) is 5.92 Å². The van der Waals surface area contributed by atoms with Gasteiger partial charge in [-0.3, -0.25) is 9.69 Å². The molecule has 2 aromatic rings. The van der Waals surface area contributed by atoms with E-state index in [1.807, 2.05) is 23.1 Å². The summed E-state index contributed by atoms with van der Waals surface area (Å²) in [6.45, 7) is 3.93. The van der Waals surface area contributed by atoms with E-state index in [-0.39, 0.29) is 10.8 Å². The van der Waals surface area contributed by atoms with E-state index in [0.29, 0.717) is 43.7 Å². The normalized spacial score (nSPS) is 24.5. The van der Waals surface area contributed by atoms with Crippen LogP contribution in [0.2, 0.25) is 0 Å². The summed E-state index contributed by atoms with van der Waals surface area (Å²) in [6.07, 6.45) is 6.96. The maximum absolute atomic E-state index is 13.4. The van der Waals surface area contributed by atoms with Crippen molar-refractivity contribution < 1.29 is 13.2 Å². The highest BCUT2D eigenvalue weighted by Crippen LogP contribution is 2.36. The quantitative estimate of drug-likeness (QED) is 0.648. The molecule has 1 amide bonds. The van der Waals surface area contributed by atoms with Gasteiger partial charge in [-0.2, -0.15) is 4.31 Å². The summed E-state index contributed by atoms with van der Waals surface area (Å²) in [5.74, 6) is 0.590. The molecule has 0 radical (unpaired) electrons. The molecule has 1 aliphatic carbocycles. The lowest BCUT2D eigenvalue weighted by atomic mass is 9.78. The Kier molecular flexibility index (Phi) is 7.04. The van der Waals surface area contributed by atoms with Crippen LogP contribution in [0.1, 0.15) is 54.4 Å². The largest absolute Gasteiger partial charge is 0.335 e. The number of piperazine rings is 1. The molecule has 2 saturated heterocycles. The van der Waals surface area contributed by atoms with Gasteiger partial charge in [-0.1, -0.05) is 49.2 Å². The number of carbonyl (C=O) groups is 1. The second-order valence-corrected chi connectivity index (χ2v) is 11.9. The molecular formula is C27H35N3O3S. The van der Waals surface area contributed by atoms with Gasteiger partial charge in [-0.05, 0) is 55.4 Å². The second-order valence-electron chi connectivity index (χ2n) is 9.95. The minimum atomic E-state index is -3.63. The van der Waals surface area contributed by atoms with Crippen molar-refractivity contribution in [2.45, 2.75) is 56.0 Å². The fourth-order valence-corrected chi connectivity index (χ4v) is 7.42. The van der Waals surface area contributed by atoms with Crippen LogP contribution < -0.4 is 0 Å². The first-order valence-electron chi connectivity index (χ1n) is 12.7. The molecule has 0 bridgehead atoms. The van der Waals surface area contributed by atoms with E-state index in [1.54, 1.807) is 28.6 Å². The number of piperidine rings is 1. The molecular weight excluding hydrogens is 446 g/mol. The summed E-state index contributed by atoms with van der Waals surface area (Å²) in [6, 6.07) is 17.3. The number of benzene rings is 2. The van der Waals surface area contributed by atoms with Crippen molar-refractivity contribution in [3.63, 3.8) is 0 Å². The van der Waals surface area contributed by atoms with Gasteiger partial charge in [0, 0.05) is 50.9 Å². The van der Waals surface area contributed by atoms with E-state index in [4.69, 9.17) is 0 Å². The minimum Gasteiger partial charge on any atom is -0.335 e. The van der Waals surface area contributed by atoms with Crippen LogP contribution in [0.25, 0.3) is 0 Å². The summed E-state index contributed by atoms with van der Waals surface area (Å²) in [4.78, 5) is 18.0. The van der Waals surface area contributed by atoms with Gasteiger partial charge in [-0.25, -0.2) is 8.42 Å². The number of nitrogens with zero attached hydrogens (tertiary/aromatic N) is 3. The van der Waals surface area contributed by atoms with Gasteiger partial charge in [0.05, 0.1) is 4.90 Å². The number of hydrogen-bond acceptors (Lipinski definition) is 4. The average Bonchev–Trinajstić information content (AvgIpc) is 2.89. The van der Waals surface area contributed by atoms with Gasteiger partial charge >= 0.3 is 0 Å². The Morgan fingerprint density at radius 1 is 0.824 bits per heavy atom. The molecule has 3 fully saturated rings. The average molecular weight is 482 g/mol. The van der Waals surface area contributed by atoms with E-state index < -0.39 is 10.0 Å². The van der Waals surface area contributed by atoms with Crippen LogP contribution in [0, 0.1) is 5.92 Å². The van der Waals surface area contributed by atoms with Crippen molar-refractivity contribution in [1.82, 2.24) is 14.1 Å². The van der Waals surface area contributed by atoms with Crippen LogP contribution in [0.15, 0.2) is 59.5 Å². The summed E-state index contributed by atoms with van der Waals surface area (Å²) < 4.78 is 28.4. The van der Waals surface area contributed by atoms with Crippen molar-refractivity contribution in [2.75, 3.05) is 32.7 Å². The highest BCUT2D eigenvalue weighted by Gasteiger charge is 2.36. The number of likely N-dealkylation sites (tertiary alicyclic amines) is 1. The van der Waals surface area contributed by atoms with E-state index in [0.717, 1.165) is 25.9 Å². The fraction of sp³-hybridized carbons (Fsp3) is 0.519. The van der Waals surface area contributed by atoms with Crippen LogP contribution in [0.4, 0.5) is 0 Å². The molecule has 1 saturated carbocycles. The zero-order chi connectivity index (χ0) is 23.5. The van der Waals surface area contributed by atoms with Crippen LogP contribution in [-0.2, 0) is 16.6 Å². The van der Waals surface area contributed by atoms with Gasteiger partial charge in [0.2, 0.25) is 10.0 Å². The van der Waals surface area contributed by atoms with Crippen molar-refractivity contribution in [3.8, 4) is 0 Å². The Morgan fingerprint density at radius 3 is 2.35 bits per heavy atom. The Morgan fingerprint density at radius 2 is 1.56 bits per heavy atom. The number of hydrogen-bond donors (Lipinski definition) is 0. The van der Waals surface area contributed by atoms with Crippen LogP contribution >= 0.6 is 0 Å². The predicted octanol–water partition coefficient (Wildman–Crippen LogP) is 3.99. The Bertz CT molecular complexity index is 1100. The monoisotopic (exact) mass is 481 g/mol. The maximum atomic E-state index is 13.4. The lowest BCUT2D eigenvalue weighted by Gasteiger charge is -2.44. The standard InChI is InChI=1S/C27H35N3O3S/c31-27(30-15-7-12-23-10-4-5-14-26(23)30)24-11-6-13-25(20-24)34(32,33)29-18-16-28(17-19-29)21-22-8-2-1-3-9-22/h1-3,6,8-9,11,13,20,23,26H,4-5,7,10,12,14-19,21H2. The van der Waals surface area contributed by atoms with Crippen molar-refractivity contribution in [3.05, 3.63) is 65.7 Å². The summed E-state index contributed by atoms with van der Waals surface area (Å²) >= 11 is 0. The molecule has 2 unspecified atom stereocenters. The van der Waals surface area contributed by atoms with E-state index in [9.17, 15) is 13.2 Å². The molecule has 2 heterocycles. The third-order valence-electron chi connectivity index (χ3n) is 7.80. The van der Waals surface area contributed by atoms with Gasteiger partial charge in [-0.15, -0.1) is 0 Å². The predicted molar refractivity (Wildman–Crippen MR) is 133 cm³/mol. The molecule has 3 aliphatic rings. The molecule has 7 heteroatoms. The highest BCUT2D eigenvalue weighted by atomic mass is 32.2.